The van der Waals surface area contributed by atoms with Crippen LogP contribution in [0.15, 0.2) is 47.5 Å². The molecule has 0 unspecified atom stereocenters. The number of alkyl halides is 3. The molecular weight excluding hydrogens is 595 g/mol. The van der Waals surface area contributed by atoms with Crippen molar-refractivity contribution in [2.75, 3.05) is 11.9 Å². The molecule has 0 aliphatic carbocycles. The number of sulfonamides is 1. The van der Waals surface area contributed by atoms with Gasteiger partial charge in [0.15, 0.2) is 5.13 Å². The van der Waals surface area contributed by atoms with Crippen LogP contribution in [0, 0.1) is 18.3 Å². The van der Waals surface area contributed by atoms with Gasteiger partial charge in [0.05, 0.1) is 26.7 Å². The number of nitriles is 1. The number of carbonyl (C=O) groups excluding carboxylic acids is 2. The Hall–Kier alpha value is -4.07. The Balaban J connectivity index is 1.53. The zero-order valence-electron chi connectivity index (χ0n) is 22.6. The lowest BCUT2D eigenvalue weighted by molar-refractivity contribution is -0.181. The summed E-state index contributed by atoms with van der Waals surface area (Å²) < 4.78 is 69.1. The van der Waals surface area contributed by atoms with E-state index < -0.39 is 45.6 Å². The van der Waals surface area contributed by atoms with Gasteiger partial charge in [0.25, 0.3) is 0 Å². The number of nitrogens with two attached hydrogens (primary N) is 1. The standard InChI is InChI=1S/C26H26F3N7O4S2/c1-14-21(15-8-9-32-20(10-15)25(2,3)26(27,28)29)41-23(33-14)34-24(38)36-13-17(11-18(36)22(31)37)35-42(39,40)19-7-5-4-6-16(19)12-30/h4-10,17-18,35H,11,13H2,1-3H3,(H2,31,37)(H,33,34,38)/t17-,18+/m1/s1. The van der Waals surface area contributed by atoms with E-state index in [0.29, 0.717) is 16.1 Å². The fourth-order valence-electron chi connectivity index (χ4n) is 4.43. The van der Waals surface area contributed by atoms with E-state index >= 15 is 0 Å². The summed E-state index contributed by atoms with van der Waals surface area (Å²) in [5.74, 6) is -0.850. The highest BCUT2D eigenvalue weighted by molar-refractivity contribution is 7.89. The van der Waals surface area contributed by atoms with Crippen molar-refractivity contribution in [2.45, 2.75) is 55.8 Å². The molecule has 0 bridgehead atoms. The molecular formula is C26H26F3N7O4S2. The molecule has 42 heavy (non-hydrogen) atoms. The lowest BCUT2D eigenvalue weighted by atomic mass is 9.87. The first-order valence-electron chi connectivity index (χ1n) is 12.4. The second-order valence-electron chi connectivity index (χ2n) is 10.1. The summed E-state index contributed by atoms with van der Waals surface area (Å²) in [6.07, 6.45) is -3.36. The molecule has 16 heteroatoms. The summed E-state index contributed by atoms with van der Waals surface area (Å²) >= 11 is 1.01. The topological polar surface area (TPSA) is 171 Å². The van der Waals surface area contributed by atoms with E-state index in [1.807, 2.05) is 6.07 Å². The Morgan fingerprint density at radius 1 is 1.21 bits per heavy atom. The first-order chi connectivity index (χ1) is 19.5. The van der Waals surface area contributed by atoms with Crippen LogP contribution in [0.25, 0.3) is 10.4 Å². The van der Waals surface area contributed by atoms with E-state index in [1.165, 1.54) is 42.6 Å². The number of thiazole rings is 1. The van der Waals surface area contributed by atoms with Crippen molar-refractivity contribution in [3.8, 4) is 16.5 Å². The van der Waals surface area contributed by atoms with Crippen molar-refractivity contribution < 1.29 is 31.2 Å². The Morgan fingerprint density at radius 3 is 2.55 bits per heavy atom. The Kier molecular flexibility index (Phi) is 8.31. The van der Waals surface area contributed by atoms with E-state index in [-0.39, 0.29) is 34.2 Å². The molecule has 1 fully saturated rings. The van der Waals surface area contributed by atoms with E-state index in [9.17, 15) is 36.4 Å². The molecule has 4 N–H and O–H groups in total. The third kappa shape index (κ3) is 6.08. The number of urea groups is 1. The lowest BCUT2D eigenvalue weighted by Gasteiger charge is -2.27. The van der Waals surface area contributed by atoms with Gasteiger partial charge in [-0.05, 0) is 57.0 Å². The zero-order valence-corrected chi connectivity index (χ0v) is 24.2. The molecule has 1 aliphatic rings. The number of hydrogen-bond acceptors (Lipinski definition) is 8. The highest BCUT2D eigenvalue weighted by Gasteiger charge is 2.49. The number of halogens is 3. The van der Waals surface area contributed by atoms with Gasteiger partial charge in [-0.25, -0.2) is 22.9 Å². The largest absolute Gasteiger partial charge is 0.399 e. The summed E-state index contributed by atoms with van der Waals surface area (Å²) in [5, 5.41) is 12.0. The van der Waals surface area contributed by atoms with Crippen molar-refractivity contribution in [2.24, 2.45) is 5.73 Å². The number of likely N-dealkylation sites (tertiary alicyclic amines) is 1. The van der Waals surface area contributed by atoms with Crippen LogP contribution in [-0.2, 0) is 20.2 Å². The molecule has 3 aromatic rings. The van der Waals surface area contributed by atoms with Crippen molar-refractivity contribution >= 4 is 38.4 Å². The first-order valence-corrected chi connectivity index (χ1v) is 14.7. The molecule has 2 aromatic heterocycles. The maximum absolute atomic E-state index is 13.6. The van der Waals surface area contributed by atoms with Crippen LogP contribution in [0.4, 0.5) is 23.1 Å². The van der Waals surface area contributed by atoms with Gasteiger partial charge < -0.3 is 10.6 Å². The third-order valence-corrected chi connectivity index (χ3v) is 9.59. The first kappa shape index (κ1) is 30.9. The number of rotatable bonds is 7. The van der Waals surface area contributed by atoms with Crippen LogP contribution in [0.1, 0.15) is 37.2 Å². The minimum atomic E-state index is -4.53. The summed E-state index contributed by atoms with van der Waals surface area (Å²) in [6, 6.07) is 7.48. The second kappa shape index (κ2) is 11.3. The number of anilines is 1. The predicted octanol–water partition coefficient (Wildman–Crippen LogP) is 3.66. The third-order valence-electron chi connectivity index (χ3n) is 6.89. The number of benzene rings is 1. The normalized spacial score (nSPS) is 17.6. The molecule has 4 rings (SSSR count). The smallest absolute Gasteiger partial charge is 0.368 e. The number of hydrogen-bond donors (Lipinski definition) is 3. The Labute approximate surface area is 243 Å². The van der Waals surface area contributed by atoms with Crippen molar-refractivity contribution in [3.63, 3.8) is 0 Å². The molecule has 1 aliphatic heterocycles. The second-order valence-corrected chi connectivity index (χ2v) is 12.8. The van der Waals surface area contributed by atoms with Crippen LogP contribution in [0.3, 0.4) is 0 Å². The van der Waals surface area contributed by atoms with E-state index in [2.05, 4.69) is 20.0 Å². The number of pyridine rings is 1. The number of nitrogens with one attached hydrogen (secondary N) is 2. The van der Waals surface area contributed by atoms with Gasteiger partial charge in [-0.15, -0.1) is 0 Å². The summed E-state index contributed by atoms with van der Waals surface area (Å²) in [4.78, 5) is 34.9. The zero-order chi connectivity index (χ0) is 31.0. The molecule has 11 nitrogen and oxygen atoms in total. The molecule has 3 heterocycles. The SMILES string of the molecule is Cc1nc(NC(=O)N2C[C@H](NS(=O)(=O)c3ccccc3C#N)C[C@H]2C(N)=O)sc1-c1ccnc(C(C)(C)C(F)(F)F)c1. The molecule has 0 radical (unpaired) electrons. The van der Waals surface area contributed by atoms with Gasteiger partial charge >= 0.3 is 12.2 Å². The van der Waals surface area contributed by atoms with Gasteiger partial charge in [-0.3, -0.25) is 15.1 Å². The maximum atomic E-state index is 13.6. The van der Waals surface area contributed by atoms with Crippen LogP contribution < -0.4 is 15.8 Å². The molecule has 222 valence electrons. The van der Waals surface area contributed by atoms with E-state index in [0.717, 1.165) is 30.1 Å². The van der Waals surface area contributed by atoms with Crippen LogP contribution in [-0.4, -0.2) is 60.0 Å². The van der Waals surface area contributed by atoms with Gasteiger partial charge in [-0.2, -0.15) is 18.4 Å². The van der Waals surface area contributed by atoms with Crippen LogP contribution in [0.2, 0.25) is 0 Å². The average molecular weight is 622 g/mol. The van der Waals surface area contributed by atoms with Gasteiger partial charge in [-0.1, -0.05) is 23.5 Å². The number of aromatic nitrogens is 2. The lowest BCUT2D eigenvalue weighted by Crippen LogP contribution is -2.46. The average Bonchev–Trinajstić information content (AvgIpc) is 3.51. The highest BCUT2D eigenvalue weighted by atomic mass is 32.2. The number of amides is 3. The fraction of sp³-hybridized carbons (Fsp3) is 0.346. The number of primary amides is 1. The number of nitrogens with zero attached hydrogens (tertiary/aromatic N) is 4. The summed E-state index contributed by atoms with van der Waals surface area (Å²) in [6.45, 7) is 3.49. The quantitative estimate of drug-likeness (QED) is 0.361. The number of carbonyl (C=O) groups is 2. The van der Waals surface area contributed by atoms with Crippen molar-refractivity contribution in [1.29, 1.82) is 5.26 Å². The van der Waals surface area contributed by atoms with Gasteiger partial charge in [0.1, 0.15) is 17.5 Å². The molecule has 0 spiro atoms. The van der Waals surface area contributed by atoms with Crippen molar-refractivity contribution in [1.82, 2.24) is 19.6 Å². The maximum Gasteiger partial charge on any atom is 0.399 e. The predicted molar refractivity (Wildman–Crippen MR) is 148 cm³/mol. The van der Waals surface area contributed by atoms with Crippen LogP contribution >= 0.6 is 11.3 Å². The fourth-order valence-corrected chi connectivity index (χ4v) is 6.78. The molecule has 0 saturated carbocycles. The molecule has 2 atom stereocenters. The summed E-state index contributed by atoms with van der Waals surface area (Å²) in [7, 11) is -4.17. The Bertz CT molecular complexity index is 1680. The monoisotopic (exact) mass is 621 g/mol. The van der Waals surface area contributed by atoms with Gasteiger partial charge in [0.2, 0.25) is 15.9 Å². The van der Waals surface area contributed by atoms with Crippen LogP contribution in [0.5, 0.6) is 0 Å². The minimum absolute atomic E-state index is 0.0673. The van der Waals surface area contributed by atoms with Crippen molar-refractivity contribution in [3.05, 3.63) is 59.5 Å². The van der Waals surface area contributed by atoms with E-state index in [1.54, 1.807) is 6.92 Å². The number of aryl methyl sites for hydroxylation is 1. The molecule has 1 saturated heterocycles. The minimum Gasteiger partial charge on any atom is -0.368 e. The summed E-state index contributed by atoms with van der Waals surface area (Å²) in [5.41, 5.74) is 3.92. The van der Waals surface area contributed by atoms with E-state index in [4.69, 9.17) is 5.73 Å². The highest BCUT2D eigenvalue weighted by Crippen LogP contribution is 2.41. The molecule has 3 amide bonds. The molecule has 1 aromatic carbocycles. The Morgan fingerprint density at radius 2 is 1.90 bits per heavy atom. The van der Waals surface area contributed by atoms with Gasteiger partial charge in [0, 0.05) is 18.8 Å².